The molecular weight excluding hydrogens is 400 g/mol. The van der Waals surface area contributed by atoms with Crippen LogP contribution in [-0.4, -0.2) is 47.9 Å². The van der Waals surface area contributed by atoms with Crippen molar-refractivity contribution in [1.29, 1.82) is 0 Å². The largest absolute Gasteiger partial charge is 0.334 e. The van der Waals surface area contributed by atoms with Crippen molar-refractivity contribution in [2.45, 2.75) is 31.6 Å². The summed E-state index contributed by atoms with van der Waals surface area (Å²) in [5.74, 6) is -1.20. The van der Waals surface area contributed by atoms with Crippen molar-refractivity contribution in [1.82, 2.24) is 10.4 Å². The average Bonchev–Trinajstić information content (AvgIpc) is 3.21. The number of nitrogens with zero attached hydrogens (tertiary/aromatic N) is 1. The summed E-state index contributed by atoms with van der Waals surface area (Å²) >= 11 is 1.68. The maximum atomic E-state index is 12.7. The van der Waals surface area contributed by atoms with Gasteiger partial charge in [0.05, 0.1) is 0 Å². The molecule has 2 amide bonds. The van der Waals surface area contributed by atoms with E-state index < -0.39 is 20.5 Å². The van der Waals surface area contributed by atoms with Gasteiger partial charge < -0.3 is 4.90 Å². The Morgan fingerprint density at radius 2 is 2.04 bits per heavy atom. The van der Waals surface area contributed by atoms with Gasteiger partial charge in [0.2, 0.25) is 0 Å². The highest BCUT2D eigenvalue weighted by Crippen LogP contribution is 2.33. The number of amides is 2. The molecule has 0 spiro atoms. The molecule has 9 heteroatoms. The van der Waals surface area contributed by atoms with Crippen molar-refractivity contribution in [3.05, 3.63) is 46.3 Å². The molecule has 0 unspecified atom stereocenters. The number of aryl methyl sites for hydroxylation is 1. The molecule has 1 aliphatic rings. The van der Waals surface area contributed by atoms with Crippen molar-refractivity contribution in [2.75, 3.05) is 12.8 Å². The number of benzene rings is 1. The number of sulfone groups is 1. The van der Waals surface area contributed by atoms with E-state index >= 15 is 0 Å². The minimum Gasteiger partial charge on any atom is -0.334 e. The molecule has 1 aromatic carbocycles. The van der Waals surface area contributed by atoms with Crippen LogP contribution in [0.15, 0.2) is 30.3 Å². The number of fused-ring (bicyclic) bond motifs is 1. The molecule has 28 heavy (non-hydrogen) atoms. The second-order valence-corrected chi connectivity index (χ2v) is 10.9. The molecule has 3 rings (SSSR count). The molecule has 1 aromatic heterocycles. The van der Waals surface area contributed by atoms with Crippen LogP contribution in [0.2, 0.25) is 0 Å². The zero-order chi connectivity index (χ0) is 20.7. The highest BCUT2D eigenvalue weighted by atomic mass is 32.2. The van der Waals surface area contributed by atoms with E-state index in [-0.39, 0.29) is 18.9 Å². The second kappa shape index (κ2) is 7.31. The summed E-state index contributed by atoms with van der Waals surface area (Å²) in [6.45, 7) is 3.72. The second-order valence-electron chi connectivity index (χ2n) is 7.20. The summed E-state index contributed by atoms with van der Waals surface area (Å²) in [6, 6.07) is 9.77. The lowest BCUT2D eigenvalue weighted by Crippen LogP contribution is -2.50. The van der Waals surface area contributed by atoms with E-state index in [0.717, 1.165) is 22.3 Å². The predicted molar refractivity (Wildman–Crippen MR) is 107 cm³/mol. The highest BCUT2D eigenvalue weighted by Gasteiger charge is 2.44. The van der Waals surface area contributed by atoms with Crippen molar-refractivity contribution in [3.63, 3.8) is 0 Å². The van der Waals surface area contributed by atoms with Crippen LogP contribution in [0, 0.1) is 6.92 Å². The first-order chi connectivity index (χ1) is 13.1. The summed E-state index contributed by atoms with van der Waals surface area (Å²) < 4.78 is 22.4. The Morgan fingerprint density at radius 1 is 1.32 bits per heavy atom. The molecule has 7 nitrogen and oxygen atoms in total. The first kappa shape index (κ1) is 20.5. The number of hydroxylamine groups is 1. The quantitative estimate of drug-likeness (QED) is 0.549. The van der Waals surface area contributed by atoms with Gasteiger partial charge in [0.25, 0.3) is 11.8 Å². The van der Waals surface area contributed by atoms with Crippen LogP contribution in [0.5, 0.6) is 0 Å². The Morgan fingerprint density at radius 3 is 2.61 bits per heavy atom. The zero-order valence-corrected chi connectivity index (χ0v) is 17.5. The minimum atomic E-state index is -3.80. The number of hydrogen-bond donors (Lipinski definition) is 2. The molecule has 2 aromatic rings. The Bertz CT molecular complexity index is 1040. The molecule has 1 atom stereocenters. The summed E-state index contributed by atoms with van der Waals surface area (Å²) in [4.78, 5) is 28.5. The Balaban J connectivity index is 1.79. The van der Waals surface area contributed by atoms with Gasteiger partial charge in [-0.05, 0) is 55.7 Å². The van der Waals surface area contributed by atoms with Crippen LogP contribution in [0.3, 0.4) is 0 Å². The highest BCUT2D eigenvalue weighted by molar-refractivity contribution is 7.92. The molecule has 2 N–H and O–H groups in total. The van der Waals surface area contributed by atoms with Crippen LogP contribution < -0.4 is 5.48 Å². The van der Waals surface area contributed by atoms with Gasteiger partial charge in [-0.3, -0.25) is 14.8 Å². The molecule has 0 radical (unpaired) electrons. The lowest BCUT2D eigenvalue weighted by atomic mass is 10.1. The number of carbonyl (C=O) groups excluding carboxylic acids is 2. The summed E-state index contributed by atoms with van der Waals surface area (Å²) in [5, 5.41) is 8.92. The van der Waals surface area contributed by atoms with Crippen LogP contribution in [0.4, 0.5) is 0 Å². The summed E-state index contributed by atoms with van der Waals surface area (Å²) in [5.41, 5.74) is 3.92. The van der Waals surface area contributed by atoms with E-state index in [4.69, 9.17) is 5.21 Å². The van der Waals surface area contributed by atoms with Gasteiger partial charge in [0.1, 0.15) is 0 Å². The van der Waals surface area contributed by atoms with E-state index in [1.807, 2.05) is 31.2 Å². The van der Waals surface area contributed by atoms with E-state index in [1.165, 1.54) is 22.2 Å². The third-order valence-electron chi connectivity index (χ3n) is 5.27. The topological polar surface area (TPSA) is 104 Å². The normalized spacial score (nSPS) is 16.0. The van der Waals surface area contributed by atoms with Crippen molar-refractivity contribution < 1.29 is 23.2 Å². The first-order valence-electron chi connectivity index (χ1n) is 8.70. The average molecular weight is 423 g/mol. The monoisotopic (exact) mass is 422 g/mol. The van der Waals surface area contributed by atoms with E-state index in [2.05, 4.69) is 0 Å². The molecule has 0 saturated carbocycles. The van der Waals surface area contributed by atoms with E-state index in [9.17, 15) is 18.0 Å². The molecule has 0 aliphatic carbocycles. The molecule has 1 aliphatic heterocycles. The van der Waals surface area contributed by atoms with Crippen molar-refractivity contribution in [3.8, 4) is 10.4 Å². The fraction of sp³-hybridized carbons (Fsp3) is 0.368. The predicted octanol–water partition coefficient (Wildman–Crippen LogP) is 2.38. The fourth-order valence-corrected chi connectivity index (χ4v) is 4.95. The number of thiophene rings is 1. The molecular formula is C19H22N2O5S2. The molecule has 2 heterocycles. The minimum absolute atomic E-state index is 0.0813. The molecule has 0 fully saturated rings. The van der Waals surface area contributed by atoms with Crippen LogP contribution in [0.25, 0.3) is 10.4 Å². The lowest BCUT2D eigenvalue weighted by molar-refractivity contribution is -0.131. The Hall–Kier alpha value is -2.23. The maximum absolute atomic E-state index is 12.7. The van der Waals surface area contributed by atoms with Crippen LogP contribution >= 0.6 is 11.3 Å². The number of rotatable bonds is 6. The smallest absolute Gasteiger partial charge is 0.264 e. The van der Waals surface area contributed by atoms with Crippen LogP contribution in [-0.2, 0) is 21.2 Å². The lowest BCUT2D eigenvalue weighted by Gasteiger charge is -2.27. The molecule has 0 bridgehead atoms. The van der Waals surface area contributed by atoms with Gasteiger partial charge in [0.15, 0.2) is 14.6 Å². The van der Waals surface area contributed by atoms with Crippen molar-refractivity contribution >= 4 is 33.0 Å². The number of nitrogens with one attached hydrogen (secondary N) is 1. The van der Waals surface area contributed by atoms with Gasteiger partial charge in [-0.1, -0.05) is 6.07 Å². The van der Waals surface area contributed by atoms with E-state index in [0.29, 0.717) is 12.1 Å². The SMILES string of the molecule is Cc1ccc(-c2ccc3c(c2)CN(CC[C@](C)(C(=O)NO)S(C)(=O)=O)C3=O)s1. The van der Waals surface area contributed by atoms with Gasteiger partial charge >= 0.3 is 0 Å². The third-order valence-corrected chi connectivity index (χ3v) is 8.34. The maximum Gasteiger partial charge on any atom is 0.264 e. The first-order valence-corrected chi connectivity index (χ1v) is 11.4. The van der Waals surface area contributed by atoms with Gasteiger partial charge in [-0.2, -0.15) is 0 Å². The Kier molecular flexibility index (Phi) is 5.35. The number of carbonyl (C=O) groups is 2. The van der Waals surface area contributed by atoms with E-state index in [1.54, 1.807) is 17.4 Å². The van der Waals surface area contributed by atoms with Crippen LogP contribution in [0.1, 0.15) is 34.1 Å². The fourth-order valence-electron chi connectivity index (χ4n) is 3.24. The Labute approximate surface area is 167 Å². The molecule has 150 valence electrons. The van der Waals surface area contributed by atoms with Crippen molar-refractivity contribution in [2.24, 2.45) is 0 Å². The standard InChI is InChI=1S/C19H22N2O5S2/c1-12-4-7-16(27-12)13-5-6-15-14(10-13)11-21(17(15)22)9-8-19(2,18(23)20-24)28(3,25)26/h4-7,10,24H,8-9,11H2,1-3H3,(H,20,23)/t19-/m1/s1. The van der Waals surface area contributed by atoms with Gasteiger partial charge in [-0.15, -0.1) is 11.3 Å². The number of hydrogen-bond acceptors (Lipinski definition) is 6. The van der Waals surface area contributed by atoms with Gasteiger partial charge in [-0.25, -0.2) is 13.9 Å². The summed E-state index contributed by atoms with van der Waals surface area (Å²) in [7, 11) is -3.80. The third kappa shape index (κ3) is 3.57. The molecule has 0 saturated heterocycles. The zero-order valence-electron chi connectivity index (χ0n) is 15.9. The summed E-state index contributed by atoms with van der Waals surface area (Å²) in [6.07, 6.45) is 0.826. The van der Waals surface area contributed by atoms with Gasteiger partial charge in [0, 0.05) is 34.7 Å².